The van der Waals surface area contributed by atoms with Crippen molar-refractivity contribution < 1.29 is 13.2 Å². The van der Waals surface area contributed by atoms with E-state index < -0.39 is 10.0 Å². The Hall–Kier alpha value is -3.78. The summed E-state index contributed by atoms with van der Waals surface area (Å²) in [6.07, 6.45) is 4.46. The van der Waals surface area contributed by atoms with Gasteiger partial charge in [-0.3, -0.25) is 14.5 Å². The first-order valence-electron chi connectivity index (χ1n) is 9.50. The molecule has 1 amide bonds. The van der Waals surface area contributed by atoms with Crippen molar-refractivity contribution in [2.24, 2.45) is 0 Å². The van der Waals surface area contributed by atoms with Crippen molar-refractivity contribution in [3.63, 3.8) is 0 Å². The van der Waals surface area contributed by atoms with Gasteiger partial charge in [-0.15, -0.1) is 0 Å². The summed E-state index contributed by atoms with van der Waals surface area (Å²) in [7, 11) is -3.44. The summed E-state index contributed by atoms with van der Waals surface area (Å²) in [6.45, 7) is 1.79. The number of aromatic nitrogens is 2. The minimum atomic E-state index is -3.44. The highest BCUT2D eigenvalue weighted by Crippen LogP contribution is 2.26. The lowest BCUT2D eigenvalue weighted by Crippen LogP contribution is -2.14. The van der Waals surface area contributed by atoms with E-state index in [4.69, 9.17) is 0 Å². The Kier molecular flexibility index (Phi) is 5.39. The summed E-state index contributed by atoms with van der Waals surface area (Å²) in [6, 6.07) is 17.9. The molecule has 2 aromatic heterocycles. The van der Waals surface area contributed by atoms with Crippen LogP contribution in [0, 0.1) is 6.92 Å². The number of hydrogen-bond donors (Lipinski definition) is 2. The number of nitrogens with zero attached hydrogens (tertiary/aromatic N) is 2. The molecule has 0 fully saturated rings. The summed E-state index contributed by atoms with van der Waals surface area (Å²) in [5, 5.41) is 3.58. The fourth-order valence-corrected chi connectivity index (χ4v) is 3.85. The Bertz CT molecular complexity index is 1390. The summed E-state index contributed by atoms with van der Waals surface area (Å²) < 4.78 is 25.7. The van der Waals surface area contributed by atoms with Gasteiger partial charge in [0.2, 0.25) is 10.0 Å². The second-order valence-electron chi connectivity index (χ2n) is 7.17. The number of carbonyl (C=O) groups is 1. The molecule has 0 aliphatic heterocycles. The Morgan fingerprint density at radius 2 is 1.81 bits per heavy atom. The van der Waals surface area contributed by atoms with E-state index in [0.717, 1.165) is 17.4 Å². The zero-order valence-corrected chi connectivity index (χ0v) is 17.8. The molecule has 0 saturated heterocycles. The summed E-state index contributed by atoms with van der Waals surface area (Å²) >= 11 is 0. The molecule has 0 radical (unpaired) electrons. The van der Waals surface area contributed by atoms with Crippen LogP contribution in [0.3, 0.4) is 0 Å². The van der Waals surface area contributed by atoms with Gasteiger partial charge in [-0.2, -0.15) is 0 Å². The number of benzene rings is 2. The Balaban J connectivity index is 1.74. The van der Waals surface area contributed by atoms with Gasteiger partial charge in [0.05, 0.1) is 28.7 Å². The van der Waals surface area contributed by atoms with E-state index in [-0.39, 0.29) is 5.91 Å². The van der Waals surface area contributed by atoms with E-state index in [0.29, 0.717) is 33.5 Å². The summed E-state index contributed by atoms with van der Waals surface area (Å²) in [5.41, 5.74) is 4.23. The Morgan fingerprint density at radius 3 is 2.55 bits per heavy atom. The summed E-state index contributed by atoms with van der Waals surface area (Å²) in [4.78, 5) is 22.0. The maximum Gasteiger partial charge on any atom is 0.256 e. The number of hydrogen-bond acceptors (Lipinski definition) is 5. The number of carbonyl (C=O) groups excluding carboxylic acids is 1. The highest BCUT2D eigenvalue weighted by Gasteiger charge is 2.15. The van der Waals surface area contributed by atoms with Crippen LogP contribution in [-0.2, 0) is 10.0 Å². The van der Waals surface area contributed by atoms with Crippen LogP contribution in [0.2, 0.25) is 0 Å². The topological polar surface area (TPSA) is 101 Å². The molecular weight excluding hydrogens is 412 g/mol. The van der Waals surface area contributed by atoms with Crippen molar-refractivity contribution in [3.05, 3.63) is 84.2 Å². The molecule has 7 nitrogen and oxygen atoms in total. The molecule has 8 heteroatoms. The molecule has 0 atom stereocenters. The van der Waals surface area contributed by atoms with Gasteiger partial charge in [0.1, 0.15) is 0 Å². The van der Waals surface area contributed by atoms with Crippen molar-refractivity contribution in [1.29, 1.82) is 0 Å². The monoisotopic (exact) mass is 432 g/mol. The number of anilines is 2. The van der Waals surface area contributed by atoms with E-state index >= 15 is 0 Å². The lowest BCUT2D eigenvalue weighted by Gasteiger charge is -2.13. The van der Waals surface area contributed by atoms with Crippen LogP contribution >= 0.6 is 0 Å². The van der Waals surface area contributed by atoms with Crippen molar-refractivity contribution in [3.8, 4) is 11.3 Å². The number of aryl methyl sites for hydroxylation is 1. The average Bonchev–Trinajstić information content (AvgIpc) is 2.75. The Labute approximate surface area is 180 Å². The molecule has 4 aromatic rings. The first kappa shape index (κ1) is 20.5. The third kappa shape index (κ3) is 4.70. The zero-order chi connectivity index (χ0) is 22.0. The molecule has 2 aromatic carbocycles. The average molecular weight is 433 g/mol. The van der Waals surface area contributed by atoms with Crippen LogP contribution in [0.5, 0.6) is 0 Å². The third-order valence-corrected chi connectivity index (χ3v) is 5.30. The number of fused-ring (bicyclic) bond motifs is 1. The molecule has 0 aliphatic rings. The number of sulfonamides is 1. The number of pyridine rings is 2. The molecule has 31 heavy (non-hydrogen) atoms. The first-order valence-corrected chi connectivity index (χ1v) is 11.4. The fourth-order valence-electron chi connectivity index (χ4n) is 3.23. The molecule has 0 unspecified atom stereocenters. The molecule has 2 N–H and O–H groups in total. The van der Waals surface area contributed by atoms with Crippen LogP contribution in [0.25, 0.3) is 22.2 Å². The predicted octanol–water partition coefficient (Wildman–Crippen LogP) is 4.23. The highest BCUT2D eigenvalue weighted by atomic mass is 32.2. The van der Waals surface area contributed by atoms with Crippen molar-refractivity contribution >= 4 is 38.2 Å². The molecule has 0 saturated carbocycles. The number of rotatable bonds is 5. The van der Waals surface area contributed by atoms with Crippen molar-refractivity contribution in [2.75, 3.05) is 16.3 Å². The normalized spacial score (nSPS) is 11.3. The van der Waals surface area contributed by atoms with E-state index in [9.17, 15) is 13.2 Å². The van der Waals surface area contributed by atoms with Gasteiger partial charge in [-0.05, 0) is 48.9 Å². The maximum atomic E-state index is 13.2. The van der Waals surface area contributed by atoms with E-state index in [1.807, 2.05) is 36.4 Å². The van der Waals surface area contributed by atoms with Crippen molar-refractivity contribution in [1.82, 2.24) is 9.97 Å². The van der Waals surface area contributed by atoms with Crippen molar-refractivity contribution in [2.45, 2.75) is 6.92 Å². The van der Waals surface area contributed by atoms with Crippen LogP contribution in [0.15, 0.2) is 73.1 Å². The largest absolute Gasteiger partial charge is 0.322 e. The molecule has 0 aliphatic carbocycles. The second-order valence-corrected chi connectivity index (χ2v) is 8.92. The molecular formula is C23H20N4O3S. The summed E-state index contributed by atoms with van der Waals surface area (Å²) in [5.74, 6) is -0.321. The lowest BCUT2D eigenvalue weighted by molar-refractivity contribution is 0.102. The van der Waals surface area contributed by atoms with E-state index in [2.05, 4.69) is 20.0 Å². The van der Waals surface area contributed by atoms with Gasteiger partial charge in [0.15, 0.2) is 0 Å². The van der Waals surface area contributed by atoms with Crippen LogP contribution < -0.4 is 10.0 Å². The van der Waals surface area contributed by atoms with Gasteiger partial charge in [0.25, 0.3) is 5.91 Å². The fraction of sp³-hybridized carbons (Fsp3) is 0.0870. The maximum absolute atomic E-state index is 13.2. The quantitative estimate of drug-likeness (QED) is 0.491. The first-order chi connectivity index (χ1) is 14.8. The van der Waals surface area contributed by atoms with Gasteiger partial charge in [-0.25, -0.2) is 13.4 Å². The Morgan fingerprint density at radius 1 is 1.00 bits per heavy atom. The smallest absolute Gasteiger partial charge is 0.256 e. The SMILES string of the molecule is Cc1ccc(NC(=O)c2cc(-c3cccnc3)nc3ccccc23)cc1NS(C)(=O)=O. The third-order valence-electron chi connectivity index (χ3n) is 4.71. The minimum absolute atomic E-state index is 0.321. The molecule has 0 bridgehead atoms. The van der Waals surface area contributed by atoms with E-state index in [1.165, 1.54) is 0 Å². The molecule has 156 valence electrons. The predicted molar refractivity (Wildman–Crippen MR) is 123 cm³/mol. The number of nitrogens with one attached hydrogen (secondary N) is 2. The number of amides is 1. The van der Waals surface area contributed by atoms with Crippen LogP contribution in [0.1, 0.15) is 15.9 Å². The van der Waals surface area contributed by atoms with Crippen LogP contribution in [-0.4, -0.2) is 30.5 Å². The number of para-hydroxylation sites is 1. The minimum Gasteiger partial charge on any atom is -0.322 e. The van der Waals surface area contributed by atoms with Gasteiger partial charge in [-0.1, -0.05) is 24.3 Å². The molecule has 4 rings (SSSR count). The second kappa shape index (κ2) is 8.16. The highest BCUT2D eigenvalue weighted by molar-refractivity contribution is 7.92. The zero-order valence-electron chi connectivity index (χ0n) is 17.0. The van der Waals surface area contributed by atoms with Gasteiger partial charge >= 0.3 is 0 Å². The van der Waals surface area contributed by atoms with Crippen LogP contribution in [0.4, 0.5) is 11.4 Å². The van der Waals surface area contributed by atoms with E-state index in [1.54, 1.807) is 43.6 Å². The molecule has 2 heterocycles. The van der Waals surface area contributed by atoms with Gasteiger partial charge in [0, 0.05) is 29.0 Å². The molecule has 0 spiro atoms. The lowest BCUT2D eigenvalue weighted by atomic mass is 10.0. The van der Waals surface area contributed by atoms with Gasteiger partial charge < -0.3 is 5.32 Å². The standard InChI is InChI=1S/C23H20N4O3S/c1-15-9-10-17(12-21(15)27-31(2,29)30)25-23(28)19-13-22(16-6-5-11-24-14-16)26-20-8-4-3-7-18(19)20/h3-14,27H,1-2H3,(H,25,28).